The van der Waals surface area contributed by atoms with Gasteiger partial charge < -0.3 is 18.0 Å². The zero-order chi connectivity index (χ0) is 17.0. The van der Waals surface area contributed by atoms with Gasteiger partial charge >= 0.3 is 9.05 Å². The van der Waals surface area contributed by atoms with Gasteiger partial charge in [-0.15, -0.1) is 15.5 Å². The van der Waals surface area contributed by atoms with Crippen molar-refractivity contribution in [2.24, 2.45) is 15.5 Å². The molecular formula is C14H29N3O4Si. The van der Waals surface area contributed by atoms with Crippen molar-refractivity contribution >= 4 is 26.2 Å². The normalized spacial score (nSPS) is 16.2. The molecule has 0 saturated carbocycles. The van der Waals surface area contributed by atoms with Crippen molar-refractivity contribution in [2.75, 3.05) is 6.61 Å². The Hall–Kier alpha value is -1.41. The molecule has 22 heavy (non-hydrogen) atoms. The molecule has 0 heterocycles. The van der Waals surface area contributed by atoms with Crippen LogP contribution in [-0.4, -0.2) is 32.8 Å². The first-order valence-electron chi connectivity index (χ1n) is 7.71. The van der Waals surface area contributed by atoms with E-state index in [1.165, 1.54) is 0 Å². The largest absolute Gasteiger partial charge is 0.957 e. The molecule has 0 fully saturated rings. The molecule has 128 valence electrons. The summed E-state index contributed by atoms with van der Waals surface area (Å²) in [4.78, 5) is 0. The van der Waals surface area contributed by atoms with E-state index in [-0.39, 0.29) is 0 Å². The highest BCUT2D eigenvalue weighted by atomic mass is 28.4. The van der Waals surface area contributed by atoms with E-state index < -0.39 is 9.05 Å². The maximum atomic E-state index is 5.57. The molecule has 0 unspecified atom stereocenters. The molecular weight excluding hydrogens is 302 g/mol. The Labute approximate surface area is 134 Å². The molecule has 0 N–H and O–H groups in total. The summed E-state index contributed by atoms with van der Waals surface area (Å²) in [6.07, 6.45) is 2.27. The second-order valence-electron chi connectivity index (χ2n) is 4.75. The second kappa shape index (κ2) is 11.2. The molecule has 0 aliphatic carbocycles. The summed E-state index contributed by atoms with van der Waals surface area (Å²) in [6.45, 7) is 13.7. The van der Waals surface area contributed by atoms with Crippen molar-refractivity contribution in [1.82, 2.24) is 0 Å². The Balaban J connectivity index is 5.32. The van der Waals surface area contributed by atoms with E-state index >= 15 is 0 Å². The van der Waals surface area contributed by atoms with E-state index in [1.807, 2.05) is 48.5 Å². The van der Waals surface area contributed by atoms with E-state index in [1.54, 1.807) is 0 Å². The van der Waals surface area contributed by atoms with Crippen LogP contribution in [0.1, 0.15) is 67.7 Å². The number of hydrogen-bond donors (Lipinski definition) is 0. The van der Waals surface area contributed by atoms with Crippen LogP contribution in [0.4, 0.5) is 0 Å². The summed E-state index contributed by atoms with van der Waals surface area (Å²) < 4.78 is 21.9. The zero-order valence-corrected chi connectivity index (χ0v) is 15.8. The first-order valence-corrected chi connectivity index (χ1v) is 9.35. The van der Waals surface area contributed by atoms with Gasteiger partial charge in [-0.2, -0.15) is 0 Å². The summed E-state index contributed by atoms with van der Waals surface area (Å²) in [5, 5.41) is 12.0. The molecule has 0 bridgehead atoms. The minimum Gasteiger partial charge on any atom is -0.351 e. The monoisotopic (exact) mass is 331 g/mol. The highest BCUT2D eigenvalue weighted by molar-refractivity contribution is 6.53. The summed E-state index contributed by atoms with van der Waals surface area (Å²) in [7, 11) is -3.60. The molecule has 0 saturated heterocycles. The van der Waals surface area contributed by atoms with Crippen LogP contribution in [-0.2, 0) is 18.0 Å². The minimum atomic E-state index is -3.60. The number of hydrogen-bond acceptors (Lipinski definition) is 7. The average molecular weight is 331 g/mol. The van der Waals surface area contributed by atoms with Gasteiger partial charge in [-0.1, -0.05) is 20.8 Å². The van der Waals surface area contributed by atoms with Crippen LogP contribution in [0.3, 0.4) is 0 Å². The topological polar surface area (TPSA) is 74.0 Å². The Morgan fingerprint density at radius 1 is 0.682 bits per heavy atom. The van der Waals surface area contributed by atoms with Gasteiger partial charge in [0.2, 0.25) is 0 Å². The smallest absolute Gasteiger partial charge is 0.351 e. The third-order valence-corrected chi connectivity index (χ3v) is 4.38. The van der Waals surface area contributed by atoms with E-state index in [0.29, 0.717) is 6.61 Å². The molecule has 0 aromatic carbocycles. The van der Waals surface area contributed by atoms with E-state index in [9.17, 15) is 0 Å². The van der Waals surface area contributed by atoms with Gasteiger partial charge in [0.15, 0.2) is 0 Å². The lowest BCUT2D eigenvalue weighted by Crippen LogP contribution is -2.46. The molecule has 8 heteroatoms. The number of oxime groups is 3. The summed E-state index contributed by atoms with van der Waals surface area (Å²) >= 11 is 0. The molecule has 0 aliphatic heterocycles. The van der Waals surface area contributed by atoms with Crippen LogP contribution in [0.5, 0.6) is 0 Å². The lowest BCUT2D eigenvalue weighted by atomic mass is 10.3. The quantitative estimate of drug-likeness (QED) is 0.327. The number of nitrogens with zero attached hydrogens (tertiary/aromatic N) is 3. The fourth-order valence-corrected chi connectivity index (χ4v) is 2.32. The van der Waals surface area contributed by atoms with Crippen molar-refractivity contribution in [3.8, 4) is 0 Å². The van der Waals surface area contributed by atoms with Crippen molar-refractivity contribution in [3.63, 3.8) is 0 Å². The Morgan fingerprint density at radius 2 is 1.00 bits per heavy atom. The van der Waals surface area contributed by atoms with Crippen LogP contribution in [0, 0.1) is 0 Å². The standard InChI is InChI=1S/C14H29N3O4Si/c1-8-12(5)15-19-22(18-11-4,20-16-13(6)9-2)21-17-14(7)10-3/h8-11H2,1-7H3. The SMILES string of the molecule is CCO[Si](ON=C(C)CC)(ON=C(C)CC)ON=C(C)CC. The Bertz CT molecular complexity index is 356. The molecule has 0 rings (SSSR count). The van der Waals surface area contributed by atoms with Gasteiger partial charge in [0.1, 0.15) is 0 Å². The van der Waals surface area contributed by atoms with Crippen molar-refractivity contribution in [1.29, 1.82) is 0 Å². The van der Waals surface area contributed by atoms with Crippen LogP contribution in [0.2, 0.25) is 0 Å². The van der Waals surface area contributed by atoms with Gasteiger partial charge in [-0.05, 0) is 47.0 Å². The van der Waals surface area contributed by atoms with Crippen LogP contribution in [0.25, 0.3) is 0 Å². The fourth-order valence-electron chi connectivity index (χ4n) is 0.901. The molecule has 0 atom stereocenters. The van der Waals surface area contributed by atoms with Crippen LogP contribution >= 0.6 is 0 Å². The molecule has 0 aromatic heterocycles. The predicted molar refractivity (Wildman–Crippen MR) is 90.8 cm³/mol. The Morgan fingerprint density at radius 3 is 1.23 bits per heavy atom. The molecule has 0 aliphatic rings. The fraction of sp³-hybridized carbons (Fsp3) is 0.786. The Kier molecular flexibility index (Phi) is 10.5. The summed E-state index contributed by atoms with van der Waals surface area (Å²) in [5.41, 5.74) is 2.41. The summed E-state index contributed by atoms with van der Waals surface area (Å²) in [5.74, 6) is 0. The average Bonchev–Trinajstić information content (AvgIpc) is 2.54. The van der Waals surface area contributed by atoms with Gasteiger partial charge in [0.25, 0.3) is 0 Å². The van der Waals surface area contributed by atoms with Gasteiger partial charge in [0, 0.05) is 6.61 Å². The number of rotatable bonds is 11. The van der Waals surface area contributed by atoms with Gasteiger partial charge in [-0.3, -0.25) is 0 Å². The van der Waals surface area contributed by atoms with Crippen LogP contribution < -0.4 is 0 Å². The third-order valence-electron chi connectivity index (χ3n) is 2.80. The molecule has 0 spiro atoms. The van der Waals surface area contributed by atoms with Crippen LogP contribution in [0.15, 0.2) is 15.5 Å². The maximum Gasteiger partial charge on any atom is 0.957 e. The highest BCUT2D eigenvalue weighted by Gasteiger charge is 2.57. The minimum absolute atomic E-state index is 0.342. The zero-order valence-electron chi connectivity index (χ0n) is 14.8. The van der Waals surface area contributed by atoms with Gasteiger partial charge in [-0.25, -0.2) is 0 Å². The molecule has 0 amide bonds. The van der Waals surface area contributed by atoms with E-state index in [4.69, 9.17) is 18.0 Å². The van der Waals surface area contributed by atoms with Crippen molar-refractivity contribution < 1.29 is 18.0 Å². The molecule has 0 radical (unpaired) electrons. The van der Waals surface area contributed by atoms with E-state index in [2.05, 4.69) is 15.5 Å². The lowest BCUT2D eigenvalue weighted by Gasteiger charge is -2.20. The maximum absolute atomic E-state index is 5.57. The molecule has 0 aromatic rings. The summed E-state index contributed by atoms with van der Waals surface area (Å²) in [6, 6.07) is 0. The first-order chi connectivity index (χ1) is 10.4. The third kappa shape index (κ3) is 8.13. The van der Waals surface area contributed by atoms with Gasteiger partial charge in [0.05, 0.1) is 17.1 Å². The second-order valence-corrected chi connectivity index (χ2v) is 6.58. The highest BCUT2D eigenvalue weighted by Crippen LogP contribution is 2.15. The van der Waals surface area contributed by atoms with E-state index in [0.717, 1.165) is 36.4 Å². The lowest BCUT2D eigenvalue weighted by molar-refractivity contribution is -0.0301. The molecule has 7 nitrogen and oxygen atoms in total. The predicted octanol–water partition coefficient (Wildman–Crippen LogP) is 3.87. The van der Waals surface area contributed by atoms with Crippen molar-refractivity contribution in [3.05, 3.63) is 0 Å². The first kappa shape index (κ1) is 20.6. The van der Waals surface area contributed by atoms with Crippen molar-refractivity contribution in [2.45, 2.75) is 67.7 Å².